The maximum absolute atomic E-state index is 12.2. The summed E-state index contributed by atoms with van der Waals surface area (Å²) in [6, 6.07) is 13.3. The standard InChI is InChI=1S/C25H31NO7/c1-5-16-7-10-18(11-8-16)20(27)15-26-19(6-2)13-17-9-12-21-22(14-17)33-25(32-21,23(28)30-3)24(29)31-4/h7-12,14,19-20,26-27H,5-6,13,15H2,1-4H3. The first kappa shape index (κ1) is 24.5. The Kier molecular flexibility index (Phi) is 7.94. The SMILES string of the molecule is CCc1ccc(C(O)CNC(CC)Cc2ccc3c(c2)OC(C(=O)OC)(C(=O)OC)O3)cc1. The van der Waals surface area contributed by atoms with Crippen LogP contribution in [-0.2, 0) is 31.9 Å². The van der Waals surface area contributed by atoms with Crippen molar-refractivity contribution in [2.45, 2.75) is 51.0 Å². The van der Waals surface area contributed by atoms with Crippen LogP contribution in [0.4, 0.5) is 0 Å². The fourth-order valence-corrected chi connectivity index (χ4v) is 3.71. The molecular weight excluding hydrogens is 426 g/mol. The molecule has 2 aromatic carbocycles. The van der Waals surface area contributed by atoms with Crippen molar-refractivity contribution in [2.24, 2.45) is 0 Å². The number of ether oxygens (including phenoxy) is 4. The molecule has 0 aromatic heterocycles. The van der Waals surface area contributed by atoms with Crippen molar-refractivity contribution in [1.29, 1.82) is 0 Å². The molecular formula is C25H31NO7. The van der Waals surface area contributed by atoms with Crippen LogP contribution in [0.3, 0.4) is 0 Å². The van der Waals surface area contributed by atoms with E-state index < -0.39 is 23.8 Å². The third kappa shape index (κ3) is 5.29. The lowest BCUT2D eigenvalue weighted by atomic mass is 10.0. The molecule has 0 fully saturated rings. The fourth-order valence-electron chi connectivity index (χ4n) is 3.71. The van der Waals surface area contributed by atoms with Gasteiger partial charge in [0.15, 0.2) is 11.5 Å². The zero-order chi connectivity index (χ0) is 24.0. The lowest BCUT2D eigenvalue weighted by Crippen LogP contribution is -2.55. The number of aliphatic hydroxyl groups is 1. The number of nitrogens with one attached hydrogen (secondary N) is 1. The van der Waals surface area contributed by atoms with Crippen LogP contribution in [0.15, 0.2) is 42.5 Å². The summed E-state index contributed by atoms with van der Waals surface area (Å²) in [5.74, 6) is -3.79. The Balaban J connectivity index is 1.65. The molecule has 1 heterocycles. The lowest BCUT2D eigenvalue weighted by molar-refractivity contribution is -0.199. The number of aryl methyl sites for hydroxylation is 1. The first-order valence-electron chi connectivity index (χ1n) is 11.0. The van der Waals surface area contributed by atoms with Gasteiger partial charge in [0.25, 0.3) is 0 Å². The molecule has 2 N–H and O–H groups in total. The zero-order valence-electron chi connectivity index (χ0n) is 19.4. The number of hydrogen-bond acceptors (Lipinski definition) is 8. The van der Waals surface area contributed by atoms with Crippen molar-refractivity contribution in [3.05, 3.63) is 59.2 Å². The molecule has 0 saturated heterocycles. The molecule has 0 saturated carbocycles. The predicted octanol–water partition coefficient (Wildman–Crippen LogP) is 2.71. The number of carbonyl (C=O) groups excluding carboxylic acids is 2. The van der Waals surface area contributed by atoms with Crippen LogP contribution < -0.4 is 14.8 Å². The quantitative estimate of drug-likeness (QED) is 0.415. The molecule has 1 aliphatic rings. The number of fused-ring (bicyclic) bond motifs is 1. The molecule has 2 aromatic rings. The van der Waals surface area contributed by atoms with Gasteiger partial charge in [0.1, 0.15) is 0 Å². The van der Waals surface area contributed by atoms with Gasteiger partial charge in [-0.2, -0.15) is 0 Å². The average Bonchev–Trinajstić information content (AvgIpc) is 3.25. The molecule has 0 bridgehead atoms. The van der Waals surface area contributed by atoms with Gasteiger partial charge in [-0.15, -0.1) is 0 Å². The van der Waals surface area contributed by atoms with E-state index in [1.807, 2.05) is 30.3 Å². The summed E-state index contributed by atoms with van der Waals surface area (Å²) >= 11 is 0. The number of aliphatic hydroxyl groups excluding tert-OH is 1. The number of carbonyl (C=O) groups is 2. The summed E-state index contributed by atoms with van der Waals surface area (Å²) in [7, 11) is 2.27. The molecule has 0 spiro atoms. The third-order valence-corrected chi connectivity index (χ3v) is 5.77. The molecule has 178 valence electrons. The van der Waals surface area contributed by atoms with Crippen molar-refractivity contribution < 1.29 is 33.6 Å². The summed E-state index contributed by atoms with van der Waals surface area (Å²) in [6.07, 6.45) is 1.84. The van der Waals surface area contributed by atoms with Gasteiger partial charge in [0.2, 0.25) is 0 Å². The minimum absolute atomic E-state index is 0.0981. The van der Waals surface area contributed by atoms with Gasteiger partial charge in [0, 0.05) is 12.6 Å². The van der Waals surface area contributed by atoms with Crippen LogP contribution in [0.1, 0.15) is 43.1 Å². The summed E-state index contributed by atoms with van der Waals surface area (Å²) in [5.41, 5.74) is 3.03. The number of methoxy groups -OCH3 is 2. The minimum Gasteiger partial charge on any atom is -0.463 e. The van der Waals surface area contributed by atoms with Gasteiger partial charge < -0.3 is 29.4 Å². The second-order valence-corrected chi connectivity index (χ2v) is 7.91. The van der Waals surface area contributed by atoms with E-state index >= 15 is 0 Å². The number of rotatable bonds is 10. The topological polar surface area (TPSA) is 103 Å². The number of esters is 2. The van der Waals surface area contributed by atoms with E-state index in [0.717, 1.165) is 38.2 Å². The number of hydrogen-bond donors (Lipinski definition) is 2. The average molecular weight is 458 g/mol. The van der Waals surface area contributed by atoms with E-state index in [0.29, 0.717) is 13.0 Å². The summed E-state index contributed by atoms with van der Waals surface area (Å²) in [4.78, 5) is 24.4. The first-order valence-corrected chi connectivity index (χ1v) is 11.0. The van der Waals surface area contributed by atoms with Gasteiger partial charge in [-0.1, -0.05) is 44.2 Å². The van der Waals surface area contributed by atoms with Gasteiger partial charge in [-0.3, -0.25) is 0 Å². The van der Waals surface area contributed by atoms with E-state index in [1.165, 1.54) is 5.56 Å². The third-order valence-electron chi connectivity index (χ3n) is 5.77. The first-order chi connectivity index (χ1) is 15.9. The van der Waals surface area contributed by atoms with Gasteiger partial charge in [-0.25, -0.2) is 9.59 Å². The van der Waals surface area contributed by atoms with Crippen LogP contribution in [0.5, 0.6) is 11.5 Å². The van der Waals surface area contributed by atoms with E-state index in [9.17, 15) is 14.7 Å². The maximum Gasteiger partial charge on any atom is 0.453 e. The highest BCUT2D eigenvalue weighted by Crippen LogP contribution is 2.41. The molecule has 0 amide bonds. The van der Waals surface area contributed by atoms with Crippen LogP contribution in [0.25, 0.3) is 0 Å². The van der Waals surface area contributed by atoms with E-state index in [-0.39, 0.29) is 17.5 Å². The predicted molar refractivity (Wildman–Crippen MR) is 121 cm³/mol. The zero-order valence-corrected chi connectivity index (χ0v) is 19.4. The number of benzene rings is 2. The van der Waals surface area contributed by atoms with Crippen molar-refractivity contribution in [1.82, 2.24) is 5.32 Å². The monoisotopic (exact) mass is 457 g/mol. The van der Waals surface area contributed by atoms with Crippen LogP contribution >= 0.6 is 0 Å². The van der Waals surface area contributed by atoms with Gasteiger partial charge in [0.05, 0.1) is 20.3 Å². The Bertz CT molecular complexity index is 957. The molecule has 3 rings (SSSR count). The Labute approximate surface area is 193 Å². The highest BCUT2D eigenvalue weighted by atomic mass is 16.8. The summed E-state index contributed by atoms with van der Waals surface area (Å²) in [5, 5.41) is 14.0. The van der Waals surface area contributed by atoms with E-state index in [2.05, 4.69) is 28.6 Å². The summed E-state index contributed by atoms with van der Waals surface area (Å²) < 4.78 is 20.5. The molecule has 8 heteroatoms. The molecule has 33 heavy (non-hydrogen) atoms. The van der Waals surface area contributed by atoms with Gasteiger partial charge in [-0.05, 0) is 48.1 Å². The van der Waals surface area contributed by atoms with Crippen molar-refractivity contribution in [3.8, 4) is 11.5 Å². The maximum atomic E-state index is 12.2. The Morgan fingerprint density at radius 1 is 0.970 bits per heavy atom. The molecule has 1 aliphatic heterocycles. The Morgan fingerprint density at radius 2 is 1.58 bits per heavy atom. The summed E-state index contributed by atoms with van der Waals surface area (Å²) in [6.45, 7) is 4.58. The van der Waals surface area contributed by atoms with E-state index in [4.69, 9.17) is 9.47 Å². The van der Waals surface area contributed by atoms with Crippen molar-refractivity contribution in [2.75, 3.05) is 20.8 Å². The minimum atomic E-state index is -2.30. The van der Waals surface area contributed by atoms with Crippen LogP contribution in [-0.4, -0.2) is 49.6 Å². The van der Waals surface area contributed by atoms with Crippen LogP contribution in [0, 0.1) is 0 Å². The van der Waals surface area contributed by atoms with Gasteiger partial charge >= 0.3 is 17.7 Å². The highest BCUT2D eigenvalue weighted by molar-refractivity contribution is 6.03. The van der Waals surface area contributed by atoms with Crippen molar-refractivity contribution in [3.63, 3.8) is 0 Å². The van der Waals surface area contributed by atoms with Crippen LogP contribution in [0.2, 0.25) is 0 Å². The fraction of sp³-hybridized carbons (Fsp3) is 0.440. The molecule has 2 atom stereocenters. The normalized spacial score (nSPS) is 15.5. The lowest BCUT2D eigenvalue weighted by Gasteiger charge is -2.21. The molecule has 0 aliphatic carbocycles. The largest absolute Gasteiger partial charge is 0.463 e. The Morgan fingerprint density at radius 3 is 2.15 bits per heavy atom. The van der Waals surface area contributed by atoms with Crippen molar-refractivity contribution >= 4 is 11.9 Å². The van der Waals surface area contributed by atoms with E-state index in [1.54, 1.807) is 12.1 Å². The second-order valence-electron chi connectivity index (χ2n) is 7.91. The highest BCUT2D eigenvalue weighted by Gasteiger charge is 2.59. The molecule has 2 unspecified atom stereocenters. The molecule has 8 nitrogen and oxygen atoms in total. The Hall–Kier alpha value is -3.10. The molecule has 0 radical (unpaired) electrons. The smallest absolute Gasteiger partial charge is 0.453 e. The second kappa shape index (κ2) is 10.7.